The number of nitrogens with one attached hydrogen (secondary N) is 2. The van der Waals surface area contributed by atoms with Gasteiger partial charge in [-0.05, 0) is 12.8 Å². The average Bonchev–Trinajstić information content (AvgIpc) is 3.06. The number of ether oxygens (including phenoxy) is 6. The summed E-state index contributed by atoms with van der Waals surface area (Å²) >= 11 is 3.08. The van der Waals surface area contributed by atoms with E-state index in [0.717, 1.165) is 32.1 Å². The highest BCUT2D eigenvalue weighted by atomic mass is 79.9. The van der Waals surface area contributed by atoms with Gasteiger partial charge in [-0.25, -0.2) is 0 Å². The van der Waals surface area contributed by atoms with E-state index in [1.807, 2.05) is 0 Å². The van der Waals surface area contributed by atoms with Gasteiger partial charge in [-0.15, -0.1) is 0 Å². The van der Waals surface area contributed by atoms with Crippen molar-refractivity contribution >= 4 is 33.7 Å². The van der Waals surface area contributed by atoms with Crippen LogP contribution in [-0.2, 0) is 42.8 Å². The molecular weight excluding hydrogens is 676 g/mol. The van der Waals surface area contributed by atoms with Crippen LogP contribution in [0.5, 0.6) is 0 Å². The molecule has 0 rings (SSSR count). The molecule has 0 fully saturated rings. The van der Waals surface area contributed by atoms with E-state index >= 15 is 0 Å². The minimum atomic E-state index is -0.684. The first-order valence-electron chi connectivity index (χ1n) is 17.8. The molecule has 0 aliphatic heterocycles. The van der Waals surface area contributed by atoms with Gasteiger partial charge in [0.2, 0.25) is 11.8 Å². The number of carbonyl (C=O) groups excluding carboxylic acids is 2. The van der Waals surface area contributed by atoms with E-state index in [0.29, 0.717) is 111 Å². The van der Waals surface area contributed by atoms with Gasteiger partial charge in [0.05, 0.1) is 84.6 Å². The maximum atomic E-state index is 12.0. The van der Waals surface area contributed by atoms with E-state index in [9.17, 15) is 14.4 Å². The van der Waals surface area contributed by atoms with Crippen LogP contribution in [0.1, 0.15) is 103 Å². The number of amides is 2. The van der Waals surface area contributed by atoms with Gasteiger partial charge in [0.25, 0.3) is 0 Å². The summed E-state index contributed by atoms with van der Waals surface area (Å²) in [6, 6.07) is 0. The lowest BCUT2D eigenvalue weighted by Crippen LogP contribution is -2.28. The van der Waals surface area contributed by atoms with Crippen LogP contribution >= 0.6 is 15.9 Å². The minimum Gasteiger partial charge on any atom is -0.481 e. The smallest absolute Gasteiger partial charge is 0.303 e. The number of unbranched alkanes of at least 4 members (excludes halogenated alkanes) is 13. The first-order chi connectivity index (χ1) is 23.1. The molecule has 0 radical (unpaired) electrons. The van der Waals surface area contributed by atoms with Gasteiger partial charge >= 0.3 is 5.97 Å². The Morgan fingerprint density at radius 1 is 0.404 bits per heavy atom. The van der Waals surface area contributed by atoms with Crippen molar-refractivity contribution in [2.45, 2.75) is 103 Å². The Bertz CT molecular complexity index is 706. The maximum absolute atomic E-state index is 12.0. The van der Waals surface area contributed by atoms with Crippen LogP contribution < -0.4 is 10.6 Å². The number of hydrogen-bond acceptors (Lipinski definition) is 9. The van der Waals surface area contributed by atoms with Crippen molar-refractivity contribution in [2.24, 2.45) is 0 Å². The van der Waals surface area contributed by atoms with E-state index in [4.69, 9.17) is 33.5 Å². The second-order valence-electron chi connectivity index (χ2n) is 11.4. The van der Waals surface area contributed by atoms with Crippen molar-refractivity contribution in [3.8, 4) is 0 Å². The van der Waals surface area contributed by atoms with Gasteiger partial charge in [-0.3, -0.25) is 14.4 Å². The summed E-state index contributed by atoms with van der Waals surface area (Å²) in [7, 11) is 0. The number of rotatable bonds is 39. The van der Waals surface area contributed by atoms with Gasteiger partial charge in [0, 0.05) is 25.9 Å². The number of carboxylic acid groups (broad SMARTS) is 1. The molecule has 0 aromatic carbocycles. The summed E-state index contributed by atoms with van der Waals surface area (Å²) in [6.07, 6.45) is 17.4. The normalized spacial score (nSPS) is 11.2. The van der Waals surface area contributed by atoms with Gasteiger partial charge in [-0.1, -0.05) is 93.0 Å². The molecule has 0 saturated carbocycles. The van der Waals surface area contributed by atoms with Crippen LogP contribution in [-0.4, -0.2) is 121 Å². The molecule has 0 spiro atoms. The predicted molar refractivity (Wildman–Crippen MR) is 186 cm³/mol. The molecular formula is C34H65BrN2O10. The molecule has 13 heteroatoms. The summed E-state index contributed by atoms with van der Waals surface area (Å²) in [6.45, 7) is 6.80. The van der Waals surface area contributed by atoms with Gasteiger partial charge in [0.1, 0.15) is 0 Å². The average molecular weight is 742 g/mol. The van der Waals surface area contributed by atoms with Crippen molar-refractivity contribution in [3.63, 3.8) is 0 Å². The summed E-state index contributed by atoms with van der Waals surface area (Å²) in [5.41, 5.74) is 0. The Kier molecular flexibility index (Phi) is 38.0. The Labute approximate surface area is 292 Å². The standard InChI is InChI=1S/C34H65BrN2O10/c35-31-33(39)37-18-20-43-22-24-45-26-28-47-30-29-46-27-25-44-23-21-42-19-17-36-32(38)15-13-11-9-7-5-3-1-2-4-6-8-10-12-14-16-34(40)41/h1-31H2,(H,36,38)(H,37,39)(H,40,41). The molecule has 0 bridgehead atoms. The number of alkyl halides is 1. The number of carbonyl (C=O) groups is 3. The molecule has 0 aliphatic rings. The highest BCUT2D eigenvalue weighted by Crippen LogP contribution is 2.13. The minimum absolute atomic E-state index is 0.0581. The molecule has 0 aromatic heterocycles. The lowest BCUT2D eigenvalue weighted by molar-refractivity contribution is -0.137. The molecule has 2 amide bonds. The molecule has 0 aromatic rings. The molecule has 47 heavy (non-hydrogen) atoms. The number of halogens is 1. The highest BCUT2D eigenvalue weighted by molar-refractivity contribution is 9.09. The first-order valence-corrected chi connectivity index (χ1v) is 19.0. The molecule has 0 aliphatic carbocycles. The Morgan fingerprint density at radius 2 is 0.681 bits per heavy atom. The Balaban J connectivity index is 3.16. The zero-order chi connectivity index (χ0) is 34.3. The fraction of sp³-hybridized carbons (Fsp3) is 0.912. The Morgan fingerprint density at radius 3 is 1.00 bits per heavy atom. The molecule has 0 unspecified atom stereocenters. The lowest BCUT2D eigenvalue weighted by atomic mass is 10.0. The number of hydrogen-bond donors (Lipinski definition) is 3. The number of aliphatic carboxylic acids is 1. The zero-order valence-electron chi connectivity index (χ0n) is 28.9. The monoisotopic (exact) mass is 740 g/mol. The third-order valence-electron chi connectivity index (χ3n) is 7.16. The summed E-state index contributed by atoms with van der Waals surface area (Å²) in [5, 5.41) is 14.5. The second-order valence-corrected chi connectivity index (χ2v) is 11.9. The van der Waals surface area contributed by atoms with Crippen LogP contribution in [0.2, 0.25) is 0 Å². The second kappa shape index (κ2) is 39.1. The molecule has 0 saturated heterocycles. The van der Waals surface area contributed by atoms with Crippen molar-refractivity contribution in [3.05, 3.63) is 0 Å². The molecule has 12 nitrogen and oxygen atoms in total. The summed E-state index contributed by atoms with van der Waals surface area (Å²) in [5.74, 6) is -0.649. The molecule has 0 heterocycles. The number of carboxylic acids is 1. The van der Waals surface area contributed by atoms with Crippen molar-refractivity contribution in [2.75, 3.05) is 97.7 Å². The van der Waals surface area contributed by atoms with Crippen molar-refractivity contribution in [1.29, 1.82) is 0 Å². The predicted octanol–water partition coefficient (Wildman–Crippen LogP) is 5.04. The maximum Gasteiger partial charge on any atom is 0.303 e. The van der Waals surface area contributed by atoms with Crippen molar-refractivity contribution < 1.29 is 47.9 Å². The first kappa shape index (κ1) is 45.6. The Hall–Kier alpha value is -1.35. The van der Waals surface area contributed by atoms with Crippen LogP contribution in [0.25, 0.3) is 0 Å². The molecule has 0 atom stereocenters. The third-order valence-corrected chi connectivity index (χ3v) is 7.67. The van der Waals surface area contributed by atoms with E-state index < -0.39 is 5.97 Å². The molecule has 278 valence electrons. The van der Waals surface area contributed by atoms with Crippen molar-refractivity contribution in [1.82, 2.24) is 10.6 Å². The third kappa shape index (κ3) is 40.7. The topological polar surface area (TPSA) is 151 Å². The summed E-state index contributed by atoms with van der Waals surface area (Å²) in [4.78, 5) is 33.5. The van der Waals surface area contributed by atoms with Crippen LogP contribution in [0.4, 0.5) is 0 Å². The SMILES string of the molecule is O=C(O)CCCCCCCCCCCCCCCCC(=O)NCCOCCOCCOCCOCCOCCOCCNC(=O)CBr. The van der Waals surface area contributed by atoms with Crippen LogP contribution in [0, 0.1) is 0 Å². The van der Waals surface area contributed by atoms with E-state index in [1.54, 1.807) is 0 Å². The van der Waals surface area contributed by atoms with E-state index in [2.05, 4.69) is 26.6 Å². The van der Waals surface area contributed by atoms with E-state index in [1.165, 1.54) is 57.8 Å². The molecule has 3 N–H and O–H groups in total. The fourth-order valence-electron chi connectivity index (χ4n) is 4.55. The summed E-state index contributed by atoms with van der Waals surface area (Å²) < 4.78 is 32.7. The van der Waals surface area contributed by atoms with E-state index in [-0.39, 0.29) is 11.8 Å². The quantitative estimate of drug-likeness (QED) is 0.0578. The van der Waals surface area contributed by atoms with Gasteiger partial charge in [0.15, 0.2) is 0 Å². The zero-order valence-corrected chi connectivity index (χ0v) is 30.5. The van der Waals surface area contributed by atoms with Gasteiger partial charge in [-0.2, -0.15) is 0 Å². The van der Waals surface area contributed by atoms with Gasteiger partial charge < -0.3 is 44.2 Å². The largest absolute Gasteiger partial charge is 0.481 e. The fourth-order valence-corrected chi connectivity index (χ4v) is 4.74. The van der Waals surface area contributed by atoms with Crippen LogP contribution in [0.3, 0.4) is 0 Å². The lowest BCUT2D eigenvalue weighted by Gasteiger charge is -2.09. The van der Waals surface area contributed by atoms with Crippen LogP contribution in [0.15, 0.2) is 0 Å². The highest BCUT2D eigenvalue weighted by Gasteiger charge is 2.02.